The van der Waals surface area contributed by atoms with Crippen molar-refractivity contribution in [1.29, 1.82) is 0 Å². The monoisotopic (exact) mass is 197 g/mol. The van der Waals surface area contributed by atoms with Gasteiger partial charge >= 0.3 is 0 Å². The van der Waals surface area contributed by atoms with Gasteiger partial charge in [-0.3, -0.25) is 5.01 Å². The molecule has 0 aromatic heterocycles. The van der Waals surface area contributed by atoms with Crippen molar-refractivity contribution >= 4 is 5.84 Å². The van der Waals surface area contributed by atoms with Crippen molar-refractivity contribution in [1.82, 2.24) is 5.01 Å². The normalized spacial score (nSPS) is 14.5. The van der Waals surface area contributed by atoms with Gasteiger partial charge in [0.1, 0.15) is 5.84 Å². The van der Waals surface area contributed by atoms with Crippen LogP contribution in [-0.2, 0) is 0 Å². The number of rotatable bonds is 2. The van der Waals surface area contributed by atoms with E-state index in [0.717, 1.165) is 18.1 Å². The zero-order valence-electron chi connectivity index (χ0n) is 10.3. The molecule has 0 aromatic carbocycles. The molecule has 3 nitrogen and oxygen atoms in total. The predicted molar refractivity (Wildman–Crippen MR) is 62.9 cm³/mol. The summed E-state index contributed by atoms with van der Waals surface area (Å²) in [6.07, 6.45) is 1.97. The summed E-state index contributed by atoms with van der Waals surface area (Å²) in [5.41, 5.74) is 1.18. The van der Waals surface area contributed by atoms with E-state index in [2.05, 4.69) is 25.8 Å². The Morgan fingerprint density at radius 1 is 1.36 bits per heavy atom. The minimum atomic E-state index is 0.190. The first-order chi connectivity index (χ1) is 6.26. The van der Waals surface area contributed by atoms with Crippen molar-refractivity contribution in [3.8, 4) is 0 Å². The largest absolute Gasteiger partial charge is 0.298 e. The van der Waals surface area contributed by atoms with Gasteiger partial charge in [-0.15, -0.1) is 0 Å². The number of aliphatic imine (C=N–C) groups is 1. The molecule has 0 unspecified atom stereocenters. The first-order valence-electron chi connectivity index (χ1n) is 4.96. The molecule has 0 atom stereocenters. The second-order valence-electron chi connectivity index (χ2n) is 4.78. The van der Waals surface area contributed by atoms with Gasteiger partial charge in [0.15, 0.2) is 0 Å². The number of nitrogens with zero attached hydrogens (tertiary/aromatic N) is 2. The lowest BCUT2D eigenvalue weighted by Crippen LogP contribution is -2.41. The molecule has 0 radical (unpaired) electrons. The Hall–Kier alpha value is -0.830. The molecule has 0 aliphatic rings. The summed E-state index contributed by atoms with van der Waals surface area (Å²) in [5.74, 6) is 6.74. The SMILES string of the molecule is C/C=C(/C)N=C(C)N(N)CC(C)(C)C. The van der Waals surface area contributed by atoms with Crippen LogP contribution in [-0.4, -0.2) is 17.4 Å². The van der Waals surface area contributed by atoms with Gasteiger partial charge in [-0.2, -0.15) is 0 Å². The van der Waals surface area contributed by atoms with Crippen LogP contribution in [0.3, 0.4) is 0 Å². The van der Waals surface area contributed by atoms with Crippen LogP contribution in [0.15, 0.2) is 16.8 Å². The molecule has 0 saturated heterocycles. The van der Waals surface area contributed by atoms with Crippen LogP contribution < -0.4 is 5.84 Å². The lowest BCUT2D eigenvalue weighted by atomic mass is 9.97. The van der Waals surface area contributed by atoms with Crippen LogP contribution in [0, 0.1) is 5.41 Å². The zero-order chi connectivity index (χ0) is 11.4. The molecule has 0 aromatic rings. The molecule has 0 heterocycles. The fourth-order valence-corrected chi connectivity index (χ4v) is 1.01. The van der Waals surface area contributed by atoms with E-state index >= 15 is 0 Å². The minimum absolute atomic E-state index is 0.190. The third kappa shape index (κ3) is 5.75. The maximum absolute atomic E-state index is 5.88. The number of allylic oxidation sites excluding steroid dienone is 2. The lowest BCUT2D eigenvalue weighted by Gasteiger charge is -2.27. The zero-order valence-corrected chi connectivity index (χ0v) is 10.3. The quantitative estimate of drug-likeness (QED) is 0.320. The standard InChI is InChI=1S/C11H23N3/c1-7-9(2)13-10(3)14(12)8-11(4,5)6/h7H,8,12H2,1-6H3/b9-7-,13-10?. The number of nitrogens with two attached hydrogens (primary N) is 1. The van der Waals surface area contributed by atoms with E-state index in [0.29, 0.717) is 0 Å². The maximum Gasteiger partial charge on any atom is 0.115 e. The summed E-state index contributed by atoms with van der Waals surface area (Å²) in [5, 5.41) is 1.70. The van der Waals surface area contributed by atoms with Gasteiger partial charge in [0.05, 0.1) is 0 Å². The maximum atomic E-state index is 5.88. The first-order valence-corrected chi connectivity index (χ1v) is 4.96. The summed E-state index contributed by atoms with van der Waals surface area (Å²) in [6.45, 7) is 13.1. The fourth-order valence-electron chi connectivity index (χ4n) is 1.01. The molecule has 0 bridgehead atoms. The van der Waals surface area contributed by atoms with E-state index in [1.807, 2.05) is 26.8 Å². The molecule has 0 aliphatic heterocycles. The van der Waals surface area contributed by atoms with Crippen LogP contribution in [0.4, 0.5) is 0 Å². The molecule has 0 amide bonds. The molecule has 3 heteroatoms. The molecule has 82 valence electrons. The van der Waals surface area contributed by atoms with Crippen molar-refractivity contribution in [3.05, 3.63) is 11.8 Å². The van der Waals surface area contributed by atoms with Gasteiger partial charge in [-0.1, -0.05) is 26.8 Å². The topological polar surface area (TPSA) is 41.6 Å². The van der Waals surface area contributed by atoms with Crippen LogP contribution >= 0.6 is 0 Å². The van der Waals surface area contributed by atoms with E-state index in [-0.39, 0.29) is 5.41 Å². The molecule has 0 fully saturated rings. The van der Waals surface area contributed by atoms with Gasteiger partial charge in [-0.25, -0.2) is 10.8 Å². The Bertz CT molecular complexity index is 233. The van der Waals surface area contributed by atoms with Crippen LogP contribution in [0.2, 0.25) is 0 Å². The Morgan fingerprint density at radius 3 is 2.21 bits per heavy atom. The van der Waals surface area contributed by atoms with E-state index in [4.69, 9.17) is 5.84 Å². The molecular formula is C11H23N3. The summed E-state index contributed by atoms with van der Waals surface area (Å²) < 4.78 is 0. The summed E-state index contributed by atoms with van der Waals surface area (Å²) in [4.78, 5) is 4.36. The Labute approximate surface area is 87.7 Å². The van der Waals surface area contributed by atoms with Crippen LogP contribution in [0.1, 0.15) is 41.5 Å². The average molecular weight is 197 g/mol. The minimum Gasteiger partial charge on any atom is -0.298 e. The molecule has 2 N–H and O–H groups in total. The summed E-state index contributed by atoms with van der Waals surface area (Å²) >= 11 is 0. The highest BCUT2D eigenvalue weighted by atomic mass is 15.4. The van der Waals surface area contributed by atoms with Crippen molar-refractivity contribution < 1.29 is 0 Å². The van der Waals surface area contributed by atoms with Crippen molar-refractivity contribution in [3.63, 3.8) is 0 Å². The van der Waals surface area contributed by atoms with Crippen molar-refractivity contribution in [2.24, 2.45) is 16.3 Å². The van der Waals surface area contributed by atoms with E-state index in [9.17, 15) is 0 Å². The highest BCUT2D eigenvalue weighted by Crippen LogP contribution is 2.13. The summed E-state index contributed by atoms with van der Waals surface area (Å²) in [6, 6.07) is 0. The van der Waals surface area contributed by atoms with Gasteiger partial charge < -0.3 is 0 Å². The van der Waals surface area contributed by atoms with Crippen LogP contribution in [0.5, 0.6) is 0 Å². The summed E-state index contributed by atoms with van der Waals surface area (Å²) in [7, 11) is 0. The van der Waals surface area contributed by atoms with Crippen molar-refractivity contribution in [2.75, 3.05) is 6.54 Å². The van der Waals surface area contributed by atoms with Gasteiger partial charge in [0, 0.05) is 12.2 Å². The third-order valence-corrected chi connectivity index (χ3v) is 1.82. The van der Waals surface area contributed by atoms with E-state index < -0.39 is 0 Å². The third-order valence-electron chi connectivity index (χ3n) is 1.82. The molecule has 0 aliphatic carbocycles. The smallest absolute Gasteiger partial charge is 0.115 e. The molecular weight excluding hydrogens is 174 g/mol. The number of hydrogen-bond acceptors (Lipinski definition) is 2. The molecule has 0 saturated carbocycles. The van der Waals surface area contributed by atoms with Gasteiger partial charge in [0.2, 0.25) is 0 Å². The van der Waals surface area contributed by atoms with Gasteiger partial charge in [0.25, 0.3) is 0 Å². The number of amidine groups is 1. The van der Waals surface area contributed by atoms with Gasteiger partial charge in [-0.05, 0) is 26.2 Å². The lowest BCUT2D eigenvalue weighted by molar-refractivity contribution is 0.278. The second kappa shape index (κ2) is 5.15. The highest BCUT2D eigenvalue weighted by molar-refractivity contribution is 5.80. The Morgan fingerprint density at radius 2 is 1.86 bits per heavy atom. The fraction of sp³-hybridized carbons (Fsp3) is 0.727. The van der Waals surface area contributed by atoms with E-state index in [1.54, 1.807) is 5.01 Å². The Kier molecular flexibility index (Phi) is 4.85. The molecule has 0 rings (SSSR count). The predicted octanol–water partition coefficient (Wildman–Crippen LogP) is 2.55. The number of hydrazine groups is 1. The van der Waals surface area contributed by atoms with Crippen LogP contribution in [0.25, 0.3) is 0 Å². The number of hydrogen-bond donors (Lipinski definition) is 1. The Balaban J connectivity index is 4.40. The second-order valence-corrected chi connectivity index (χ2v) is 4.78. The highest BCUT2D eigenvalue weighted by Gasteiger charge is 2.14. The van der Waals surface area contributed by atoms with Crippen molar-refractivity contribution in [2.45, 2.75) is 41.5 Å². The average Bonchev–Trinajstić information content (AvgIpc) is 2.00. The molecule has 0 spiro atoms. The first kappa shape index (κ1) is 13.2. The molecule has 14 heavy (non-hydrogen) atoms. The van der Waals surface area contributed by atoms with E-state index in [1.165, 1.54) is 0 Å².